The zero-order valence-electron chi connectivity index (χ0n) is 27.2. The number of rotatable bonds is 10. The third-order valence-corrected chi connectivity index (χ3v) is 8.43. The molecule has 4 rings (SSSR count). The minimum atomic E-state index is -0.211. The van der Waals surface area contributed by atoms with E-state index < -0.39 is 0 Å². The van der Waals surface area contributed by atoms with Crippen molar-refractivity contribution >= 4 is 8.81 Å². The summed E-state index contributed by atoms with van der Waals surface area (Å²) < 4.78 is 30.2. The van der Waals surface area contributed by atoms with Gasteiger partial charge in [0.05, 0.1) is 37.2 Å². The van der Waals surface area contributed by atoms with E-state index in [1.165, 1.54) is 5.56 Å². The van der Waals surface area contributed by atoms with Crippen LogP contribution in [-0.2, 0) is 17.0 Å². The fraction of sp³-hybridized carbons (Fsp3) is 0.351. The van der Waals surface area contributed by atoms with Crippen LogP contribution in [0.15, 0.2) is 72.8 Å². The number of methoxy groups -OCH3 is 4. The van der Waals surface area contributed by atoms with E-state index in [-0.39, 0.29) is 19.6 Å². The average Bonchev–Trinajstić information content (AvgIpc) is 2.99. The predicted molar refractivity (Wildman–Crippen MR) is 180 cm³/mol. The van der Waals surface area contributed by atoms with Crippen LogP contribution >= 0.6 is 8.81 Å². The van der Waals surface area contributed by atoms with E-state index in [1.54, 1.807) is 28.4 Å². The maximum Gasteiger partial charge on any atom is 0.134 e. The van der Waals surface area contributed by atoms with Crippen LogP contribution in [0.3, 0.4) is 0 Å². The van der Waals surface area contributed by atoms with Gasteiger partial charge < -0.3 is 23.5 Å². The van der Waals surface area contributed by atoms with Gasteiger partial charge in [-0.3, -0.25) is 0 Å². The van der Waals surface area contributed by atoms with E-state index in [9.17, 15) is 0 Å². The number of ether oxygens (including phenoxy) is 4. The number of hydrogen-bond donors (Lipinski definition) is 0. The molecule has 0 amide bonds. The minimum absolute atomic E-state index is 0.168. The Kier molecular flexibility index (Phi) is 9.97. The van der Waals surface area contributed by atoms with Crippen molar-refractivity contribution in [2.75, 3.05) is 28.4 Å². The van der Waals surface area contributed by atoms with Gasteiger partial charge in [0.25, 0.3) is 0 Å². The van der Waals surface area contributed by atoms with Crippen LogP contribution < -0.4 is 23.5 Å². The summed E-state index contributed by atoms with van der Waals surface area (Å²) >= 11 is 0. The van der Waals surface area contributed by atoms with E-state index >= 15 is 0 Å². The molecule has 0 N–H and O–H groups in total. The zero-order chi connectivity index (χ0) is 31.4. The smallest absolute Gasteiger partial charge is 0.134 e. The highest BCUT2D eigenvalue weighted by Crippen LogP contribution is 2.50. The lowest BCUT2D eigenvalue weighted by molar-refractivity contribution is 0.389. The fourth-order valence-corrected chi connectivity index (χ4v) is 6.18. The molecule has 0 saturated carbocycles. The average molecular weight is 601 g/mol. The Morgan fingerprint density at radius 3 is 1.58 bits per heavy atom. The van der Waals surface area contributed by atoms with Gasteiger partial charge in [-0.05, 0) is 52.3 Å². The minimum Gasteiger partial charge on any atom is -0.497 e. The molecule has 4 aromatic carbocycles. The van der Waals surface area contributed by atoms with E-state index in [2.05, 4.69) is 84.0 Å². The van der Waals surface area contributed by atoms with Crippen molar-refractivity contribution in [3.05, 3.63) is 89.5 Å². The van der Waals surface area contributed by atoms with Gasteiger partial charge >= 0.3 is 0 Å². The van der Waals surface area contributed by atoms with Crippen molar-refractivity contribution in [3.8, 4) is 51.0 Å². The Morgan fingerprint density at radius 1 is 0.535 bits per heavy atom. The second-order valence-corrected chi connectivity index (χ2v) is 13.4. The Bertz CT molecular complexity index is 1560. The molecule has 0 radical (unpaired) electrons. The normalized spacial score (nSPS) is 12.0. The second kappa shape index (κ2) is 13.3. The largest absolute Gasteiger partial charge is 0.497 e. The Morgan fingerprint density at radius 2 is 1.05 bits per heavy atom. The highest BCUT2D eigenvalue weighted by molar-refractivity contribution is 7.31. The van der Waals surface area contributed by atoms with Crippen molar-refractivity contribution < 1.29 is 23.5 Å². The summed E-state index contributed by atoms with van der Waals surface area (Å²) in [4.78, 5) is 0. The molecule has 0 saturated heterocycles. The summed E-state index contributed by atoms with van der Waals surface area (Å²) in [6, 6.07) is 24.8. The third kappa shape index (κ3) is 7.11. The molecule has 6 heteroatoms. The fourth-order valence-electron chi connectivity index (χ4n) is 5.27. The lowest BCUT2D eigenvalue weighted by Crippen LogP contribution is -2.15. The molecule has 0 heterocycles. The van der Waals surface area contributed by atoms with Crippen molar-refractivity contribution in [2.24, 2.45) is 0 Å². The van der Waals surface area contributed by atoms with E-state index in [0.717, 1.165) is 68.3 Å². The molecule has 1 atom stereocenters. The number of para-hydroxylation sites is 1. The van der Waals surface area contributed by atoms with Crippen molar-refractivity contribution in [3.63, 3.8) is 0 Å². The highest BCUT2D eigenvalue weighted by Gasteiger charge is 2.29. The van der Waals surface area contributed by atoms with Crippen molar-refractivity contribution in [1.82, 2.24) is 0 Å². The van der Waals surface area contributed by atoms with Crippen LogP contribution in [0, 0.1) is 0 Å². The van der Waals surface area contributed by atoms with E-state index in [1.807, 2.05) is 30.3 Å². The van der Waals surface area contributed by atoms with Crippen LogP contribution in [0.5, 0.6) is 28.7 Å². The molecule has 0 aromatic heterocycles. The molecule has 4 aromatic rings. The van der Waals surface area contributed by atoms with Gasteiger partial charge in [-0.2, -0.15) is 0 Å². The Balaban J connectivity index is 1.85. The lowest BCUT2D eigenvalue weighted by Gasteiger charge is -2.28. The molecule has 0 aliphatic carbocycles. The van der Waals surface area contributed by atoms with Gasteiger partial charge in [-0.15, -0.1) is 0 Å². The topological polar surface area (TPSA) is 46.2 Å². The number of benzene rings is 4. The first-order chi connectivity index (χ1) is 20.4. The van der Waals surface area contributed by atoms with Gasteiger partial charge in [0.1, 0.15) is 28.7 Å². The molecule has 0 fully saturated rings. The molecule has 228 valence electrons. The molecule has 1 unspecified atom stereocenters. The second-order valence-electron chi connectivity index (χ2n) is 12.6. The molecule has 0 aliphatic rings. The SMILES string of the molecule is COc1cc(-c2cc(OC)cc(C(C)(C)C)c2OPCc2ccccc2-c2ccccc2OC)c(OC)c(C(C)(C)C)c1. The first-order valence-corrected chi connectivity index (χ1v) is 15.6. The Labute approximate surface area is 259 Å². The van der Waals surface area contributed by atoms with Crippen molar-refractivity contribution in [2.45, 2.75) is 58.5 Å². The van der Waals surface area contributed by atoms with Gasteiger partial charge in [-0.1, -0.05) is 84.0 Å². The molecular weight excluding hydrogens is 555 g/mol. The number of hydrogen-bond acceptors (Lipinski definition) is 5. The van der Waals surface area contributed by atoms with Gasteiger partial charge in [0.2, 0.25) is 0 Å². The summed E-state index contributed by atoms with van der Waals surface area (Å²) in [5.74, 6) is 4.01. The van der Waals surface area contributed by atoms with Crippen LogP contribution in [-0.4, -0.2) is 28.4 Å². The third-order valence-electron chi connectivity index (χ3n) is 7.56. The Hall–Kier alpha value is -3.69. The summed E-state index contributed by atoms with van der Waals surface area (Å²) in [5, 5.41) is 0. The quantitative estimate of drug-likeness (QED) is 0.170. The highest BCUT2D eigenvalue weighted by atomic mass is 31.1. The van der Waals surface area contributed by atoms with Gasteiger partial charge in [-0.25, -0.2) is 0 Å². The summed E-state index contributed by atoms with van der Waals surface area (Å²) in [6.45, 7) is 13.1. The van der Waals surface area contributed by atoms with E-state index in [4.69, 9.17) is 23.5 Å². The molecule has 5 nitrogen and oxygen atoms in total. The first kappa shape index (κ1) is 32.2. The predicted octanol–water partition coefficient (Wildman–Crippen LogP) is 9.82. The maximum absolute atomic E-state index is 6.84. The monoisotopic (exact) mass is 600 g/mol. The van der Waals surface area contributed by atoms with Crippen LogP contribution in [0.25, 0.3) is 22.3 Å². The standard InChI is InChI=1S/C37H45O5P/c1-36(2,3)31-21-25(38-7)19-29(34(31)41-10)30-20-26(39-8)22-32(37(4,5)6)35(30)42-43-23-24-15-11-12-16-27(24)28-17-13-14-18-33(28)40-9/h11-22,43H,23H2,1-10H3. The first-order valence-electron chi connectivity index (χ1n) is 14.5. The lowest BCUT2D eigenvalue weighted by atomic mass is 9.81. The van der Waals surface area contributed by atoms with Crippen LogP contribution in [0.4, 0.5) is 0 Å². The molecule has 0 bridgehead atoms. The molecule has 0 aliphatic heterocycles. The molecule has 43 heavy (non-hydrogen) atoms. The summed E-state index contributed by atoms with van der Waals surface area (Å²) in [5.41, 5.74) is 6.97. The maximum atomic E-state index is 6.84. The molecular formula is C37H45O5P. The zero-order valence-corrected chi connectivity index (χ0v) is 28.2. The van der Waals surface area contributed by atoms with E-state index in [0.29, 0.717) is 0 Å². The van der Waals surface area contributed by atoms with Gasteiger partial charge in [0, 0.05) is 34.0 Å². The van der Waals surface area contributed by atoms with Gasteiger partial charge in [0.15, 0.2) is 0 Å². The van der Waals surface area contributed by atoms with Crippen LogP contribution in [0.2, 0.25) is 0 Å². The molecule has 0 spiro atoms. The summed E-state index contributed by atoms with van der Waals surface area (Å²) in [7, 11) is 7.00. The van der Waals surface area contributed by atoms with Crippen molar-refractivity contribution in [1.29, 1.82) is 0 Å². The summed E-state index contributed by atoms with van der Waals surface area (Å²) in [6.07, 6.45) is 0.742. The van der Waals surface area contributed by atoms with Crippen LogP contribution in [0.1, 0.15) is 58.2 Å².